The normalized spacial score (nSPS) is 21.9. The number of carbonyl (C=O) groups is 13. The smallest absolute Gasteiger partial charge is 0.549 e. The van der Waals surface area contributed by atoms with Crippen molar-refractivity contribution < 1.29 is 213 Å². The summed E-state index contributed by atoms with van der Waals surface area (Å²) in [5.41, 5.74) is 0. The van der Waals surface area contributed by atoms with Crippen LogP contribution in [0.2, 0.25) is 0 Å². The van der Waals surface area contributed by atoms with Crippen LogP contribution in [0.15, 0.2) is 23.0 Å². The van der Waals surface area contributed by atoms with Crippen LogP contribution in [0.25, 0.3) is 0 Å². The Morgan fingerprint density at radius 1 is 0.378 bits per heavy atom. The summed E-state index contributed by atoms with van der Waals surface area (Å²) in [5, 5.41) is 138. The van der Waals surface area contributed by atoms with E-state index in [2.05, 4.69) is 36.1 Å². The molecule has 3 fully saturated rings. The summed E-state index contributed by atoms with van der Waals surface area (Å²) >= 11 is 0. The number of aliphatic hydroxyl groups excluding tert-OH is 6. The number of carboxylic acid groups (broad SMARTS) is 6. The molecule has 40 nitrogen and oxygen atoms in total. The zero-order valence-corrected chi connectivity index (χ0v) is 57.9. The van der Waals surface area contributed by atoms with Gasteiger partial charge >= 0.3 is 91.8 Å². The molecule has 42 heteroatoms. The number of aliphatic carboxylic acids is 6. The number of aliphatic hydroxyl groups is 6. The van der Waals surface area contributed by atoms with Crippen LogP contribution in [-0.4, -0.2) is 361 Å². The number of carboxylic acids is 6. The summed E-state index contributed by atoms with van der Waals surface area (Å²) in [6.07, 6.45) is -3.82. The third-order valence-electron chi connectivity index (χ3n) is 16.0. The molecular formula is C56H83Gd2N13O27. The summed E-state index contributed by atoms with van der Waals surface area (Å²) in [6, 6.07) is 0. The summed E-state index contributed by atoms with van der Waals surface area (Å²) in [7, 11) is 0. The molecule has 1 aliphatic carbocycles. The van der Waals surface area contributed by atoms with Gasteiger partial charge in [0.25, 0.3) is 0 Å². The Kier molecular flexibility index (Phi) is 41.1. The third kappa shape index (κ3) is 33.9. The molecule has 5 amide bonds. The van der Waals surface area contributed by atoms with Crippen LogP contribution in [0.1, 0.15) is 25.7 Å². The van der Waals surface area contributed by atoms with Crippen LogP contribution in [0, 0.1) is 91.7 Å². The van der Waals surface area contributed by atoms with Crippen LogP contribution in [0.5, 0.6) is 0 Å². The van der Waals surface area contributed by atoms with Gasteiger partial charge in [-0.2, -0.15) is 0 Å². The maximum absolute atomic E-state index is 12.8. The third-order valence-corrected chi connectivity index (χ3v) is 16.0. The van der Waals surface area contributed by atoms with Crippen LogP contribution in [0.3, 0.4) is 0 Å². The molecular weight excluding hydrogens is 1600 g/mol. The first kappa shape index (κ1) is 88.1. The van der Waals surface area contributed by atoms with Gasteiger partial charge in [-0.15, -0.1) is 0 Å². The van der Waals surface area contributed by atoms with E-state index >= 15 is 0 Å². The van der Waals surface area contributed by atoms with E-state index in [0.29, 0.717) is 32.2 Å². The number of nitrogens with zero attached hydrogens (tertiary/aromatic N) is 8. The van der Waals surface area contributed by atoms with Gasteiger partial charge in [0.2, 0.25) is 41.1 Å². The molecule has 4 heterocycles. The van der Waals surface area contributed by atoms with Gasteiger partial charge in [0.15, 0.2) is 23.7 Å². The van der Waals surface area contributed by atoms with E-state index in [4.69, 9.17) is 0 Å². The molecule has 0 aromatic carbocycles. The number of hydrogen-bond donors (Lipinski definition) is 11. The van der Waals surface area contributed by atoms with Gasteiger partial charge in [0.1, 0.15) is 12.2 Å². The van der Waals surface area contributed by atoms with Crippen molar-refractivity contribution in [3.8, 4) is 0 Å². The molecule has 98 heavy (non-hydrogen) atoms. The van der Waals surface area contributed by atoms with Crippen LogP contribution in [-0.2, 0) is 71.8 Å². The fourth-order valence-corrected chi connectivity index (χ4v) is 10.6. The largest absolute Gasteiger partial charge is 3.00 e. The number of hydrogen-bond acceptors (Lipinski definition) is 35. The molecule has 4 unspecified atom stereocenters. The van der Waals surface area contributed by atoms with Crippen molar-refractivity contribution in [2.45, 2.75) is 50.1 Å². The molecule has 11 N–H and O–H groups in total. The SMILES string of the molecule is O=C([O-])CN1CCN(CC(=O)[O-])CCN(CC(=O)NCC(=O)NCC(O)C2OC(=O)C(O)=C2O)CCN(CC(=O)[O-])CC1.O=C([O-])CN1CCN(CC(=O)[O-])CCN(CC(=O)NCC(=O)NCC2CCC(C(=O)NCC(O)C3OC(=O)C(O)=C3O)CC2)CCN(CC(=O)[O-])CC1.[Gd+3].[Gd+3]. The minimum atomic E-state index is -1.59. The Hall–Kier alpha value is -5.96. The second kappa shape index (κ2) is 45.7. The molecule has 0 bridgehead atoms. The minimum absolute atomic E-state index is 0. The first-order valence-corrected chi connectivity index (χ1v) is 30.7. The van der Waals surface area contributed by atoms with E-state index in [0.717, 1.165) is 0 Å². The van der Waals surface area contributed by atoms with Crippen molar-refractivity contribution in [3.63, 3.8) is 0 Å². The monoisotopic (exact) mass is 1690 g/mol. The van der Waals surface area contributed by atoms with Crippen LogP contribution in [0.4, 0.5) is 0 Å². The first-order chi connectivity index (χ1) is 45.3. The predicted octanol–water partition coefficient (Wildman–Crippen LogP) is -16.5. The summed E-state index contributed by atoms with van der Waals surface area (Å²) in [4.78, 5) is 165. The molecule has 0 spiro atoms. The average molecular weight is 1680 g/mol. The van der Waals surface area contributed by atoms with Gasteiger partial charge in [0.05, 0.1) is 62.0 Å². The van der Waals surface area contributed by atoms with Crippen molar-refractivity contribution in [3.05, 3.63) is 23.0 Å². The van der Waals surface area contributed by atoms with E-state index in [1.807, 2.05) is 0 Å². The number of cyclic esters (lactones) is 2. The molecule has 0 aromatic heterocycles. The molecule has 4 atom stereocenters. The van der Waals surface area contributed by atoms with Crippen molar-refractivity contribution in [1.82, 2.24) is 65.8 Å². The average Bonchev–Trinajstić information content (AvgIpc) is 1.69. The van der Waals surface area contributed by atoms with Gasteiger partial charge in [-0.3, -0.25) is 63.2 Å². The molecule has 5 aliphatic rings. The first-order valence-electron chi connectivity index (χ1n) is 30.7. The molecule has 4 aliphatic heterocycles. The van der Waals surface area contributed by atoms with Crippen LogP contribution < -0.4 is 57.2 Å². The van der Waals surface area contributed by atoms with E-state index < -0.39 is 171 Å². The molecule has 0 aromatic rings. The minimum Gasteiger partial charge on any atom is -0.549 e. The Morgan fingerprint density at radius 2 is 0.633 bits per heavy atom. The number of amides is 5. The second-order valence-corrected chi connectivity index (χ2v) is 23.3. The molecule has 1 saturated carbocycles. The van der Waals surface area contributed by atoms with Crippen molar-refractivity contribution >= 4 is 77.3 Å². The fourth-order valence-electron chi connectivity index (χ4n) is 10.6. The van der Waals surface area contributed by atoms with E-state index in [-0.39, 0.29) is 229 Å². The van der Waals surface area contributed by atoms with Crippen molar-refractivity contribution in [2.75, 3.05) is 190 Å². The number of rotatable bonds is 29. The Labute approximate surface area is 625 Å². The quantitative estimate of drug-likeness (QED) is 0.0310. The predicted molar refractivity (Wildman–Crippen MR) is 308 cm³/mol. The van der Waals surface area contributed by atoms with E-state index in [9.17, 15) is 124 Å². The summed E-state index contributed by atoms with van der Waals surface area (Å²) < 4.78 is 9.28. The zero-order valence-electron chi connectivity index (χ0n) is 53.3. The summed E-state index contributed by atoms with van der Waals surface area (Å²) in [5.74, 6) is -17.0. The molecule has 550 valence electrons. The number of carbonyl (C=O) groups excluding carboxylic acids is 13. The van der Waals surface area contributed by atoms with E-state index in [1.54, 1.807) is 19.6 Å². The number of nitrogens with one attached hydrogen (secondary N) is 5. The molecule has 5 rings (SSSR count). The molecule has 2 radical (unpaired) electrons. The Bertz CT molecular complexity index is 2740. The summed E-state index contributed by atoms with van der Waals surface area (Å²) in [6.45, 7) is -1.75. The maximum Gasteiger partial charge on any atom is 3.00 e. The second-order valence-electron chi connectivity index (χ2n) is 23.3. The Balaban J connectivity index is 0.000000667. The number of ether oxygens (including phenoxy) is 2. The zero-order chi connectivity index (χ0) is 71.2. The van der Waals surface area contributed by atoms with Gasteiger partial charge in [-0.25, -0.2) is 9.59 Å². The van der Waals surface area contributed by atoms with Gasteiger partial charge in [0, 0.05) is 170 Å². The maximum atomic E-state index is 12.8. The van der Waals surface area contributed by atoms with Crippen molar-refractivity contribution in [2.24, 2.45) is 11.8 Å². The fraction of sp³-hybridized carbons (Fsp3) is 0.696. The van der Waals surface area contributed by atoms with Crippen molar-refractivity contribution in [1.29, 1.82) is 0 Å². The standard InChI is InChI=1S/C32H51N7O14.C24H38N6O13.2Gd/c40-22(30-28(49)29(50)32(52)53-30)14-35-31(51)21-3-1-20(2-4-21)13-33-23(41)15-34-24(42)16-36-5-7-37(17-25(43)44)9-11-39(19-27(47)48)12-10-38(8-6-36)18-26(45)46;31-15(23-21(40)22(41)24(42)43-23)9-25-16(32)10-26-17(33)11-27-1-3-28(12-18(34)35)5-7-30(14-20(38)39)8-6-29(4-2-27)13-19(36)37;;/h20-22,30,40,49-50H,1-19H2,(H,33,41)(H,34,42)(H,35,51)(H,43,44)(H,45,46)(H,47,48);15,23,31,40-41H,1-14H2,(H,25,32)(H,26,33)(H,34,35)(H,36,37)(H,38,39);;/q;;2*+3/p-6. The number of esters is 2. The molecule has 2 saturated heterocycles. The topological polar surface area (TPSA) is 586 Å². The Morgan fingerprint density at radius 3 is 0.888 bits per heavy atom. The van der Waals surface area contributed by atoms with E-state index in [1.165, 1.54) is 19.6 Å². The van der Waals surface area contributed by atoms with Gasteiger partial charge in [-0.05, 0) is 31.6 Å². The van der Waals surface area contributed by atoms with Gasteiger partial charge < -0.3 is 126 Å². The van der Waals surface area contributed by atoms with Crippen LogP contribution >= 0.6 is 0 Å². The van der Waals surface area contributed by atoms with Gasteiger partial charge in [-0.1, -0.05) is 0 Å².